The lowest BCUT2D eigenvalue weighted by Gasteiger charge is -2.10. The summed E-state index contributed by atoms with van der Waals surface area (Å²) < 4.78 is 46.2. The molecule has 0 aliphatic heterocycles. The minimum atomic E-state index is -3.49. The Balaban J connectivity index is 4.07. The third-order valence-electron chi connectivity index (χ3n) is 1.58. The zero-order valence-electron chi connectivity index (χ0n) is 8.80. The average molecular weight is 259 g/mol. The van der Waals surface area contributed by atoms with Crippen LogP contribution in [0.1, 0.15) is 13.3 Å². The van der Waals surface area contributed by atoms with Crippen LogP contribution in [0.3, 0.4) is 0 Å². The van der Waals surface area contributed by atoms with Gasteiger partial charge < -0.3 is 5.11 Å². The van der Waals surface area contributed by atoms with Gasteiger partial charge in [-0.05, 0) is 13.3 Å². The van der Waals surface area contributed by atoms with Crippen LogP contribution in [0.5, 0.6) is 0 Å². The summed E-state index contributed by atoms with van der Waals surface area (Å²) in [5.41, 5.74) is 0. The number of hydrogen-bond donors (Lipinski definition) is 2. The molecule has 0 aromatic rings. The molecule has 0 saturated heterocycles. The van der Waals surface area contributed by atoms with Gasteiger partial charge in [-0.1, -0.05) is 0 Å². The summed E-state index contributed by atoms with van der Waals surface area (Å²) in [6, 6.07) is -0.548. The Morgan fingerprint density at radius 3 is 2.13 bits per heavy atom. The molecule has 0 aromatic carbocycles. The summed E-state index contributed by atoms with van der Waals surface area (Å²) >= 11 is 0. The van der Waals surface area contributed by atoms with Crippen molar-refractivity contribution in [2.75, 3.05) is 24.4 Å². The van der Waals surface area contributed by atoms with E-state index in [-0.39, 0.29) is 24.5 Å². The normalized spacial score (nSPS) is 15.1. The molecule has 0 aliphatic carbocycles. The molecular weight excluding hydrogens is 242 g/mol. The molecule has 0 heterocycles. The molecule has 0 aliphatic rings. The monoisotopic (exact) mass is 259 g/mol. The largest absolute Gasteiger partial charge is 0.395 e. The zero-order valence-corrected chi connectivity index (χ0v) is 10.4. The van der Waals surface area contributed by atoms with Gasteiger partial charge in [0.25, 0.3) is 0 Å². The first kappa shape index (κ1) is 14.8. The molecule has 0 spiro atoms. The van der Waals surface area contributed by atoms with E-state index in [0.29, 0.717) is 0 Å². The van der Waals surface area contributed by atoms with E-state index >= 15 is 0 Å². The Morgan fingerprint density at radius 2 is 1.73 bits per heavy atom. The molecule has 0 fully saturated rings. The summed E-state index contributed by atoms with van der Waals surface area (Å²) in [6.07, 6.45) is 1.12. The number of aliphatic hydroxyl groups excluding tert-OH is 1. The summed E-state index contributed by atoms with van der Waals surface area (Å²) in [4.78, 5) is 0. The lowest BCUT2D eigenvalue weighted by atomic mass is 10.4. The molecule has 0 bridgehead atoms. The van der Waals surface area contributed by atoms with Crippen LogP contribution in [0, 0.1) is 0 Å². The molecule has 0 amide bonds. The van der Waals surface area contributed by atoms with Crippen LogP contribution in [-0.4, -0.2) is 52.4 Å². The fourth-order valence-corrected chi connectivity index (χ4v) is 3.10. The summed E-state index contributed by atoms with van der Waals surface area (Å²) in [6.45, 7) is 1.24. The van der Waals surface area contributed by atoms with Gasteiger partial charge in [-0.25, -0.2) is 21.6 Å². The van der Waals surface area contributed by atoms with E-state index in [4.69, 9.17) is 5.11 Å². The van der Waals surface area contributed by atoms with Crippen molar-refractivity contribution >= 4 is 19.9 Å². The Labute approximate surface area is 90.7 Å². The number of aliphatic hydroxyl groups is 1. The summed E-state index contributed by atoms with van der Waals surface area (Å²) in [5.74, 6) is -0.397. The molecule has 0 rings (SSSR count). The molecular formula is C7H17NO5S2. The molecule has 15 heavy (non-hydrogen) atoms. The highest BCUT2D eigenvalue weighted by Gasteiger charge is 2.14. The summed E-state index contributed by atoms with van der Waals surface area (Å²) in [7, 11) is -6.61. The molecule has 0 aromatic heterocycles. The van der Waals surface area contributed by atoms with Crippen molar-refractivity contribution in [1.82, 2.24) is 4.72 Å². The van der Waals surface area contributed by atoms with Gasteiger partial charge in [-0.3, -0.25) is 0 Å². The minimum Gasteiger partial charge on any atom is -0.395 e. The van der Waals surface area contributed by atoms with E-state index < -0.39 is 25.9 Å². The highest BCUT2D eigenvalue weighted by Crippen LogP contribution is 1.95. The van der Waals surface area contributed by atoms with Crippen molar-refractivity contribution in [2.24, 2.45) is 0 Å². The van der Waals surface area contributed by atoms with E-state index in [0.717, 1.165) is 6.26 Å². The lowest BCUT2D eigenvalue weighted by molar-refractivity contribution is 0.265. The Kier molecular flexibility index (Phi) is 5.71. The van der Waals surface area contributed by atoms with Crippen LogP contribution < -0.4 is 4.72 Å². The van der Waals surface area contributed by atoms with Crippen molar-refractivity contribution in [3.8, 4) is 0 Å². The van der Waals surface area contributed by atoms with Gasteiger partial charge >= 0.3 is 0 Å². The molecule has 6 nitrogen and oxygen atoms in total. The average Bonchev–Trinajstić information content (AvgIpc) is 2.00. The fraction of sp³-hybridized carbons (Fsp3) is 1.00. The van der Waals surface area contributed by atoms with Crippen molar-refractivity contribution < 1.29 is 21.9 Å². The van der Waals surface area contributed by atoms with Gasteiger partial charge in [-0.15, -0.1) is 0 Å². The van der Waals surface area contributed by atoms with E-state index in [9.17, 15) is 16.8 Å². The maximum absolute atomic E-state index is 11.3. The maximum Gasteiger partial charge on any atom is 0.211 e. The molecule has 0 radical (unpaired) electrons. The van der Waals surface area contributed by atoms with Crippen LogP contribution in [0.2, 0.25) is 0 Å². The topological polar surface area (TPSA) is 101 Å². The smallest absolute Gasteiger partial charge is 0.211 e. The van der Waals surface area contributed by atoms with Gasteiger partial charge in [0.1, 0.15) is 9.84 Å². The Morgan fingerprint density at radius 1 is 1.20 bits per heavy atom. The summed E-state index contributed by atoms with van der Waals surface area (Å²) in [5, 5.41) is 8.63. The number of sulfone groups is 1. The SMILES string of the molecule is CC(CO)NS(=O)(=O)CCCS(C)(=O)=O. The van der Waals surface area contributed by atoms with Gasteiger partial charge in [0.2, 0.25) is 10.0 Å². The lowest BCUT2D eigenvalue weighted by Crippen LogP contribution is -2.36. The molecule has 1 atom stereocenters. The van der Waals surface area contributed by atoms with Gasteiger partial charge in [0.05, 0.1) is 18.1 Å². The van der Waals surface area contributed by atoms with Crippen LogP contribution in [-0.2, 0) is 19.9 Å². The van der Waals surface area contributed by atoms with E-state index in [1.807, 2.05) is 0 Å². The standard InChI is InChI=1S/C7H17NO5S2/c1-7(6-9)8-15(12,13)5-3-4-14(2,10)11/h7-9H,3-6H2,1-2H3. The first-order chi connectivity index (χ1) is 6.66. The third-order valence-corrected chi connectivity index (χ3v) is 4.20. The predicted molar refractivity (Wildman–Crippen MR) is 57.8 cm³/mol. The first-order valence-corrected chi connectivity index (χ1v) is 8.16. The Bertz CT molecular complexity index is 372. The maximum atomic E-state index is 11.3. The molecule has 1 unspecified atom stereocenters. The third kappa shape index (κ3) is 8.79. The molecule has 92 valence electrons. The molecule has 8 heteroatoms. The van der Waals surface area contributed by atoms with Crippen LogP contribution in [0.25, 0.3) is 0 Å². The van der Waals surface area contributed by atoms with Gasteiger partial charge in [0, 0.05) is 12.3 Å². The number of nitrogens with one attached hydrogen (secondary N) is 1. The second-order valence-corrected chi connectivity index (χ2v) is 7.64. The predicted octanol–water partition coefficient (Wildman–Crippen LogP) is -1.28. The van der Waals surface area contributed by atoms with Gasteiger partial charge in [0.15, 0.2) is 0 Å². The highest BCUT2D eigenvalue weighted by atomic mass is 32.2. The zero-order chi connectivity index (χ0) is 12.1. The first-order valence-electron chi connectivity index (χ1n) is 4.45. The van der Waals surface area contributed by atoms with E-state index in [1.54, 1.807) is 0 Å². The number of sulfonamides is 1. The quantitative estimate of drug-likeness (QED) is 0.593. The van der Waals surface area contributed by atoms with Crippen LogP contribution >= 0.6 is 0 Å². The minimum absolute atomic E-state index is 0.0618. The molecule has 0 saturated carbocycles. The second-order valence-electron chi connectivity index (χ2n) is 3.50. The highest BCUT2D eigenvalue weighted by molar-refractivity contribution is 7.91. The number of hydrogen-bond acceptors (Lipinski definition) is 5. The van der Waals surface area contributed by atoms with Crippen LogP contribution in [0.4, 0.5) is 0 Å². The molecule has 2 N–H and O–H groups in total. The number of rotatable bonds is 7. The Hall–Kier alpha value is -0.180. The van der Waals surface area contributed by atoms with Crippen molar-refractivity contribution in [3.63, 3.8) is 0 Å². The van der Waals surface area contributed by atoms with Crippen molar-refractivity contribution in [1.29, 1.82) is 0 Å². The van der Waals surface area contributed by atoms with E-state index in [2.05, 4.69) is 4.72 Å². The van der Waals surface area contributed by atoms with Gasteiger partial charge in [-0.2, -0.15) is 0 Å². The van der Waals surface area contributed by atoms with Crippen molar-refractivity contribution in [3.05, 3.63) is 0 Å². The second kappa shape index (κ2) is 5.78. The van der Waals surface area contributed by atoms with Crippen molar-refractivity contribution in [2.45, 2.75) is 19.4 Å². The van der Waals surface area contributed by atoms with Crippen LogP contribution in [0.15, 0.2) is 0 Å². The fourth-order valence-electron chi connectivity index (χ4n) is 0.914. The van der Waals surface area contributed by atoms with E-state index in [1.165, 1.54) is 6.92 Å².